The van der Waals surface area contributed by atoms with Gasteiger partial charge in [0.15, 0.2) is 23.0 Å². The summed E-state index contributed by atoms with van der Waals surface area (Å²) in [5.41, 5.74) is 1.58. The maximum atomic E-state index is 11.0. The van der Waals surface area contributed by atoms with Crippen LogP contribution in [0.1, 0.15) is 17.2 Å². The van der Waals surface area contributed by atoms with Gasteiger partial charge in [-0.2, -0.15) is 0 Å². The highest BCUT2D eigenvalue weighted by molar-refractivity contribution is 5.53. The van der Waals surface area contributed by atoms with Crippen molar-refractivity contribution in [2.75, 3.05) is 34.5 Å². The number of benzene rings is 2. The van der Waals surface area contributed by atoms with Crippen LogP contribution < -0.4 is 14.2 Å². The Morgan fingerprint density at radius 3 is 2.21 bits per heavy atom. The van der Waals surface area contributed by atoms with E-state index in [9.17, 15) is 15.3 Å². The molecule has 1 saturated heterocycles. The normalized spacial score (nSPS) is 20.0. The largest absolute Gasteiger partial charge is 0.504 e. The van der Waals surface area contributed by atoms with Crippen molar-refractivity contribution in [3.63, 3.8) is 0 Å². The molecule has 0 aliphatic carbocycles. The molecular formula is C21H26O7. The maximum Gasteiger partial charge on any atom is 0.200 e. The molecule has 1 aliphatic heterocycles. The predicted molar refractivity (Wildman–Crippen MR) is 102 cm³/mol. The molecule has 0 amide bonds. The fraction of sp³-hybridized carbons (Fsp3) is 0.429. The molecular weight excluding hydrogens is 364 g/mol. The monoisotopic (exact) mass is 390 g/mol. The summed E-state index contributed by atoms with van der Waals surface area (Å²) in [7, 11) is 4.41. The number of aliphatic hydroxyl groups is 1. The Labute approximate surface area is 164 Å². The molecule has 0 spiro atoms. The van der Waals surface area contributed by atoms with Crippen LogP contribution in [0.5, 0.6) is 28.7 Å². The predicted octanol–water partition coefficient (Wildman–Crippen LogP) is 2.66. The minimum absolute atomic E-state index is 0.0787. The van der Waals surface area contributed by atoms with E-state index in [1.165, 1.54) is 21.3 Å². The fourth-order valence-electron chi connectivity index (χ4n) is 3.66. The van der Waals surface area contributed by atoms with Crippen molar-refractivity contribution in [2.45, 2.75) is 12.5 Å². The summed E-state index contributed by atoms with van der Waals surface area (Å²) in [5.74, 6) is 0.833. The molecule has 3 N–H and O–H groups in total. The minimum Gasteiger partial charge on any atom is -0.504 e. The number of hydrogen-bond donors (Lipinski definition) is 3. The van der Waals surface area contributed by atoms with Crippen LogP contribution in [0.2, 0.25) is 0 Å². The molecule has 3 rings (SSSR count). The summed E-state index contributed by atoms with van der Waals surface area (Å²) < 4.78 is 21.2. The lowest BCUT2D eigenvalue weighted by molar-refractivity contribution is 0.0807. The van der Waals surface area contributed by atoms with Gasteiger partial charge in [-0.15, -0.1) is 0 Å². The number of phenols is 2. The Balaban J connectivity index is 1.82. The van der Waals surface area contributed by atoms with Crippen molar-refractivity contribution in [1.29, 1.82) is 0 Å². The molecule has 7 nitrogen and oxygen atoms in total. The van der Waals surface area contributed by atoms with E-state index >= 15 is 0 Å². The number of hydrogen-bond acceptors (Lipinski definition) is 7. The zero-order valence-electron chi connectivity index (χ0n) is 16.2. The average Bonchev–Trinajstić information content (AvgIpc) is 3.17. The molecule has 1 heterocycles. The zero-order valence-corrected chi connectivity index (χ0v) is 16.2. The average molecular weight is 390 g/mol. The first-order valence-electron chi connectivity index (χ1n) is 9.05. The van der Waals surface area contributed by atoms with Crippen LogP contribution in [0.4, 0.5) is 0 Å². The molecule has 7 heteroatoms. The Bertz CT molecular complexity index is 795. The summed E-state index contributed by atoms with van der Waals surface area (Å²) in [4.78, 5) is 0. The Hall–Kier alpha value is -2.64. The van der Waals surface area contributed by atoms with Crippen molar-refractivity contribution in [2.24, 2.45) is 11.8 Å². The van der Waals surface area contributed by atoms with Crippen LogP contribution in [0.25, 0.3) is 0 Å². The molecule has 1 aliphatic rings. The first-order valence-corrected chi connectivity index (χ1v) is 9.05. The number of aromatic hydroxyl groups is 2. The van der Waals surface area contributed by atoms with Crippen LogP contribution in [-0.4, -0.2) is 49.9 Å². The number of phenolic OH excluding ortho intramolecular Hbond substituents is 2. The lowest BCUT2D eigenvalue weighted by Gasteiger charge is -2.24. The van der Waals surface area contributed by atoms with Crippen molar-refractivity contribution in [3.05, 3.63) is 41.5 Å². The molecule has 28 heavy (non-hydrogen) atoms. The van der Waals surface area contributed by atoms with E-state index in [1.807, 2.05) is 6.07 Å². The summed E-state index contributed by atoms with van der Waals surface area (Å²) in [6.07, 6.45) is -0.139. The minimum atomic E-state index is -0.810. The van der Waals surface area contributed by atoms with E-state index in [-0.39, 0.29) is 34.8 Å². The number of ether oxygens (including phenoxy) is 4. The molecule has 1 fully saturated rings. The molecule has 152 valence electrons. The van der Waals surface area contributed by atoms with Gasteiger partial charge in [-0.25, -0.2) is 0 Å². The Kier molecular flexibility index (Phi) is 6.16. The second-order valence-electron chi connectivity index (χ2n) is 6.89. The van der Waals surface area contributed by atoms with Gasteiger partial charge in [0.2, 0.25) is 5.75 Å². The molecule has 2 aromatic rings. The molecule has 0 bridgehead atoms. The van der Waals surface area contributed by atoms with Crippen molar-refractivity contribution < 1.29 is 34.3 Å². The van der Waals surface area contributed by atoms with Gasteiger partial charge in [0.25, 0.3) is 0 Å². The van der Waals surface area contributed by atoms with Gasteiger partial charge in [-0.1, -0.05) is 6.07 Å². The topological polar surface area (TPSA) is 97.6 Å². The summed E-state index contributed by atoms with van der Waals surface area (Å²) in [5, 5.41) is 30.9. The highest BCUT2D eigenvalue weighted by Crippen LogP contribution is 2.42. The summed E-state index contributed by atoms with van der Waals surface area (Å²) in [6, 6.07) is 8.46. The van der Waals surface area contributed by atoms with Gasteiger partial charge in [0.05, 0.1) is 40.6 Å². The fourth-order valence-corrected chi connectivity index (χ4v) is 3.66. The Morgan fingerprint density at radius 1 is 0.964 bits per heavy atom. The first-order chi connectivity index (χ1) is 13.5. The van der Waals surface area contributed by atoms with Crippen molar-refractivity contribution in [1.82, 2.24) is 0 Å². The highest BCUT2D eigenvalue weighted by atomic mass is 16.5. The smallest absolute Gasteiger partial charge is 0.200 e. The van der Waals surface area contributed by atoms with Crippen molar-refractivity contribution >= 4 is 0 Å². The third-order valence-corrected chi connectivity index (χ3v) is 5.24. The number of methoxy groups -OCH3 is 3. The van der Waals surface area contributed by atoms with Gasteiger partial charge in [0.1, 0.15) is 0 Å². The van der Waals surface area contributed by atoms with Gasteiger partial charge in [-0.05, 0) is 47.7 Å². The van der Waals surface area contributed by atoms with Gasteiger partial charge in [0, 0.05) is 5.92 Å². The molecule has 0 saturated carbocycles. The third kappa shape index (κ3) is 3.95. The number of aliphatic hydroxyl groups excluding tert-OH is 1. The van der Waals surface area contributed by atoms with E-state index in [2.05, 4.69) is 0 Å². The summed E-state index contributed by atoms with van der Waals surface area (Å²) in [6.45, 7) is 0.948. The maximum absolute atomic E-state index is 11.0. The van der Waals surface area contributed by atoms with Crippen LogP contribution in [0, 0.1) is 11.8 Å². The SMILES string of the molecule is COc1cc(C[C@H]2COC[C@@H]2[C@H](O)c2cc(OC)c(O)c(OC)c2)ccc1O. The molecule has 3 atom stereocenters. The standard InChI is InChI=1S/C21H26O7/c1-25-17-7-12(4-5-16(17)22)6-14-10-28-11-15(14)20(23)13-8-18(26-2)21(24)19(9-13)27-3/h4-5,7-9,14-15,20,22-24H,6,10-11H2,1-3H3/t14-,15-,20+/m0/s1. The highest BCUT2D eigenvalue weighted by Gasteiger charge is 2.35. The lowest BCUT2D eigenvalue weighted by Crippen LogP contribution is -2.22. The van der Waals surface area contributed by atoms with Crippen LogP contribution in [-0.2, 0) is 11.2 Å². The first kappa shape index (κ1) is 20.1. The molecule has 0 radical (unpaired) electrons. The van der Waals surface area contributed by atoms with Gasteiger partial charge in [-0.3, -0.25) is 0 Å². The summed E-state index contributed by atoms with van der Waals surface area (Å²) >= 11 is 0. The van der Waals surface area contributed by atoms with Gasteiger partial charge < -0.3 is 34.3 Å². The van der Waals surface area contributed by atoms with Crippen LogP contribution in [0.3, 0.4) is 0 Å². The van der Waals surface area contributed by atoms with Crippen LogP contribution >= 0.6 is 0 Å². The Morgan fingerprint density at radius 2 is 1.61 bits per heavy atom. The van der Waals surface area contributed by atoms with E-state index in [4.69, 9.17) is 18.9 Å². The third-order valence-electron chi connectivity index (χ3n) is 5.24. The molecule has 0 unspecified atom stereocenters. The quantitative estimate of drug-likeness (QED) is 0.669. The van der Waals surface area contributed by atoms with Crippen molar-refractivity contribution in [3.8, 4) is 28.7 Å². The second kappa shape index (κ2) is 8.58. The molecule has 0 aromatic heterocycles. The van der Waals surface area contributed by atoms with Gasteiger partial charge >= 0.3 is 0 Å². The second-order valence-corrected chi connectivity index (χ2v) is 6.89. The number of rotatable bonds is 7. The van der Waals surface area contributed by atoms with E-state index in [1.54, 1.807) is 24.3 Å². The van der Waals surface area contributed by atoms with E-state index < -0.39 is 6.10 Å². The van der Waals surface area contributed by atoms with E-state index in [0.717, 1.165) is 5.56 Å². The van der Waals surface area contributed by atoms with Crippen LogP contribution in [0.15, 0.2) is 30.3 Å². The lowest BCUT2D eigenvalue weighted by atomic mass is 9.83. The zero-order chi connectivity index (χ0) is 20.3. The molecule has 2 aromatic carbocycles. The van der Waals surface area contributed by atoms with E-state index in [0.29, 0.717) is 30.9 Å².